The summed E-state index contributed by atoms with van der Waals surface area (Å²) in [5.41, 5.74) is 29.4. The standard InChI is InChI=1S/C104H126N4/c1-63(2)79-33-29-34-80(64(3)4)97(79)105(75-49-41-71(42-50-75)101(17,18)19)91-61-92(106(76-51-43-72(44-52-76)102(20,21)22)98-81(65(5)6)35-30-36-82(98)66(7)8)88-59-60-90-94(108(78-55-47-74(48-56-78)104(26,27)28)100-85(69(13)14)39-32-40-86(100)70(15)16)62-93(89-58-57-87(91)95(88)96(89)90)107(77-53-45-73(46-54-77)103(23,24)25)99-83(67(9)10)37-31-38-84(99)68(11)12/h29-70H,1-28H3. The second kappa shape index (κ2) is 30.0. The normalized spacial score (nSPS) is 12.7. The lowest BCUT2D eigenvalue weighted by atomic mass is 9.85. The first-order valence-electron chi connectivity index (χ1n) is 40.7. The Balaban J connectivity index is 1.42. The first-order valence-corrected chi connectivity index (χ1v) is 40.7. The van der Waals surface area contributed by atoms with Crippen LogP contribution in [0.15, 0.2) is 206 Å². The van der Waals surface area contributed by atoms with E-state index in [4.69, 9.17) is 0 Å². The SMILES string of the molecule is CC(C)c1cccc(C(C)C)c1N(c1ccc(C(C)(C)C)cc1)c1cc(N(c2ccc(C(C)(C)C)cc2)c2c(C(C)C)cccc2C(C)C)c2ccc3c(N(c4ccc(C(C)(C)C)cc4)c4c(C(C)C)cccc4C(C)C)cc(N(c4ccc(C(C)(C)C)cc4)c4c(C(C)C)cccc4C(C)C)c4ccc1c2c43. The van der Waals surface area contributed by atoms with Crippen LogP contribution in [-0.4, -0.2) is 0 Å². The van der Waals surface area contributed by atoms with Crippen LogP contribution in [0.3, 0.4) is 0 Å². The van der Waals surface area contributed by atoms with Crippen molar-refractivity contribution < 1.29 is 0 Å². The van der Waals surface area contributed by atoms with Crippen LogP contribution in [0, 0.1) is 0 Å². The minimum atomic E-state index is -0.0684. The molecule has 0 atom stereocenters. The molecule has 0 spiro atoms. The zero-order valence-corrected chi connectivity index (χ0v) is 71.0. The van der Waals surface area contributed by atoms with Crippen LogP contribution < -0.4 is 19.6 Å². The van der Waals surface area contributed by atoms with Crippen molar-refractivity contribution in [1.82, 2.24) is 0 Å². The van der Waals surface area contributed by atoms with Crippen molar-refractivity contribution in [2.45, 2.75) is 263 Å². The van der Waals surface area contributed by atoms with Gasteiger partial charge in [-0.3, -0.25) is 0 Å². The highest BCUT2D eigenvalue weighted by Crippen LogP contribution is 2.59. The van der Waals surface area contributed by atoms with E-state index in [2.05, 4.69) is 420 Å². The minimum absolute atomic E-state index is 0.0684. The third-order valence-electron chi connectivity index (χ3n) is 23.0. The first kappa shape index (κ1) is 78.5. The molecule has 0 heterocycles. The van der Waals surface area contributed by atoms with Crippen molar-refractivity contribution in [3.8, 4) is 0 Å². The molecular weight excluding hydrogens is 1310 g/mol. The van der Waals surface area contributed by atoms with E-state index in [9.17, 15) is 0 Å². The molecule has 0 aromatic heterocycles. The molecule has 562 valence electrons. The van der Waals surface area contributed by atoms with Gasteiger partial charge in [-0.25, -0.2) is 0 Å². The van der Waals surface area contributed by atoms with Crippen LogP contribution in [0.4, 0.5) is 68.2 Å². The second-order valence-corrected chi connectivity index (χ2v) is 37.8. The third-order valence-corrected chi connectivity index (χ3v) is 23.0. The van der Waals surface area contributed by atoms with Gasteiger partial charge in [0, 0.05) is 55.1 Å². The molecule has 4 heteroatoms. The molecule has 12 aromatic carbocycles. The zero-order valence-electron chi connectivity index (χ0n) is 71.0. The maximum atomic E-state index is 2.71. The molecule has 108 heavy (non-hydrogen) atoms. The highest BCUT2D eigenvalue weighted by Gasteiger charge is 2.36. The van der Waals surface area contributed by atoms with Crippen LogP contribution in [0.25, 0.3) is 32.3 Å². The molecule has 4 nitrogen and oxygen atoms in total. The van der Waals surface area contributed by atoms with Crippen molar-refractivity contribution in [2.24, 2.45) is 0 Å². The van der Waals surface area contributed by atoms with E-state index in [0.29, 0.717) is 0 Å². The molecule has 0 bridgehead atoms. The monoisotopic (exact) mass is 1430 g/mol. The van der Waals surface area contributed by atoms with E-state index in [1.54, 1.807) is 0 Å². The van der Waals surface area contributed by atoms with Gasteiger partial charge in [-0.15, -0.1) is 0 Å². The largest absolute Gasteiger partial charge is 0.309 e. The zero-order chi connectivity index (χ0) is 78.3. The summed E-state index contributed by atoms with van der Waals surface area (Å²) in [6.45, 7) is 66.2. The van der Waals surface area contributed by atoms with E-state index in [-0.39, 0.29) is 69.0 Å². The molecular formula is C104H126N4. The Hall–Kier alpha value is -9.12. The Morgan fingerprint density at radius 2 is 0.343 bits per heavy atom. The van der Waals surface area contributed by atoms with Crippen LogP contribution in [-0.2, 0) is 21.7 Å². The fourth-order valence-electron chi connectivity index (χ4n) is 16.7. The number of hydrogen-bond donors (Lipinski definition) is 0. The van der Waals surface area contributed by atoms with Gasteiger partial charge in [0.1, 0.15) is 0 Å². The summed E-state index contributed by atoms with van der Waals surface area (Å²) in [4.78, 5) is 10.8. The predicted molar refractivity (Wildman–Crippen MR) is 476 cm³/mol. The summed E-state index contributed by atoms with van der Waals surface area (Å²) in [5, 5.41) is 7.19. The van der Waals surface area contributed by atoms with Crippen molar-refractivity contribution in [3.63, 3.8) is 0 Å². The Morgan fingerprint density at radius 3 is 0.472 bits per heavy atom. The van der Waals surface area contributed by atoms with Gasteiger partial charge in [-0.1, -0.05) is 339 Å². The third kappa shape index (κ3) is 14.9. The van der Waals surface area contributed by atoms with Gasteiger partial charge in [0.25, 0.3) is 0 Å². The number of benzene rings is 12. The molecule has 0 aliphatic carbocycles. The van der Waals surface area contributed by atoms with Crippen LogP contribution in [0.2, 0.25) is 0 Å². The Labute approximate surface area is 652 Å². The number of anilines is 12. The molecule has 0 amide bonds. The highest BCUT2D eigenvalue weighted by molar-refractivity contribution is 6.33. The summed E-state index contributed by atoms with van der Waals surface area (Å²) < 4.78 is 0. The van der Waals surface area contributed by atoms with Crippen molar-refractivity contribution in [1.29, 1.82) is 0 Å². The molecule has 12 aromatic rings. The number of rotatable bonds is 20. The molecule has 0 N–H and O–H groups in total. The predicted octanol–water partition coefficient (Wildman–Crippen LogP) is 32.6. The first-order chi connectivity index (χ1) is 50.8. The van der Waals surface area contributed by atoms with Crippen LogP contribution in [0.1, 0.15) is 308 Å². The second-order valence-electron chi connectivity index (χ2n) is 37.8. The van der Waals surface area contributed by atoms with E-state index in [0.717, 1.165) is 45.5 Å². The van der Waals surface area contributed by atoms with Gasteiger partial charge in [0.05, 0.1) is 45.5 Å². The smallest absolute Gasteiger partial charge is 0.0561 e. The molecule has 0 radical (unpaired) electrons. The van der Waals surface area contributed by atoms with Gasteiger partial charge in [0.15, 0.2) is 0 Å². The quantitative estimate of drug-likeness (QED) is 0.0705. The Bertz CT molecular complexity index is 4430. The molecule has 0 fully saturated rings. The van der Waals surface area contributed by atoms with Gasteiger partial charge in [-0.2, -0.15) is 0 Å². The molecule has 0 aliphatic heterocycles. The lowest BCUT2D eigenvalue weighted by Gasteiger charge is -2.38. The summed E-state index contributed by atoms with van der Waals surface area (Å²) >= 11 is 0. The average molecular weight is 1430 g/mol. The number of para-hydroxylation sites is 4. The number of nitrogens with zero attached hydrogens (tertiary/aromatic N) is 4. The van der Waals surface area contributed by atoms with Crippen LogP contribution in [0.5, 0.6) is 0 Å². The van der Waals surface area contributed by atoms with Gasteiger partial charge in [-0.05, 0) is 196 Å². The summed E-state index contributed by atoms with van der Waals surface area (Å²) in [6.07, 6.45) is 0. The highest BCUT2D eigenvalue weighted by atomic mass is 15.2. The summed E-state index contributed by atoms with van der Waals surface area (Å²) in [7, 11) is 0. The van der Waals surface area contributed by atoms with Gasteiger partial charge >= 0.3 is 0 Å². The average Bonchev–Trinajstić information content (AvgIpc) is 0.694. The maximum absolute atomic E-state index is 2.71. The lowest BCUT2D eigenvalue weighted by Crippen LogP contribution is -2.20. The maximum Gasteiger partial charge on any atom is 0.0561 e. The van der Waals surface area contributed by atoms with Gasteiger partial charge < -0.3 is 19.6 Å². The molecule has 12 rings (SSSR count). The summed E-state index contributed by atoms with van der Waals surface area (Å²) in [5.74, 6) is 1.59. The Morgan fingerprint density at radius 1 is 0.194 bits per heavy atom. The topological polar surface area (TPSA) is 13.0 Å². The van der Waals surface area contributed by atoms with E-state index >= 15 is 0 Å². The number of hydrogen-bond acceptors (Lipinski definition) is 4. The molecule has 0 unspecified atom stereocenters. The van der Waals surface area contributed by atoms with Crippen LogP contribution >= 0.6 is 0 Å². The van der Waals surface area contributed by atoms with Crippen molar-refractivity contribution in [3.05, 3.63) is 273 Å². The van der Waals surface area contributed by atoms with Crippen molar-refractivity contribution >= 4 is 101 Å². The minimum Gasteiger partial charge on any atom is -0.309 e. The summed E-state index contributed by atoms with van der Waals surface area (Å²) in [6, 6.07) is 82.4. The van der Waals surface area contributed by atoms with Crippen molar-refractivity contribution in [2.75, 3.05) is 19.6 Å². The fraction of sp³-hybridized carbons (Fsp3) is 0.385. The van der Waals surface area contributed by atoms with E-state index in [1.807, 2.05) is 0 Å². The van der Waals surface area contributed by atoms with E-state index in [1.165, 1.54) is 122 Å². The lowest BCUT2D eigenvalue weighted by molar-refractivity contribution is 0.590. The van der Waals surface area contributed by atoms with Gasteiger partial charge in [0.2, 0.25) is 0 Å². The van der Waals surface area contributed by atoms with E-state index < -0.39 is 0 Å². The fourth-order valence-corrected chi connectivity index (χ4v) is 16.7. The molecule has 0 aliphatic rings. The molecule has 0 saturated carbocycles. The Kier molecular flexibility index (Phi) is 21.8. The molecule has 0 saturated heterocycles.